The largest absolute Gasteiger partial charge is 0.493 e. The highest BCUT2D eigenvalue weighted by Gasteiger charge is 1.98. The third kappa shape index (κ3) is 5.69. The first kappa shape index (κ1) is 15.7. The fraction of sp³-hybridized carbons (Fsp3) is 0.188. The molecule has 110 valence electrons. The summed E-state index contributed by atoms with van der Waals surface area (Å²) in [6.07, 6.45) is 0. The lowest BCUT2D eigenvalue weighted by Gasteiger charge is -2.07. The van der Waals surface area contributed by atoms with E-state index in [0.29, 0.717) is 11.6 Å². The van der Waals surface area contributed by atoms with E-state index in [1.807, 2.05) is 48.5 Å². The molecule has 0 fully saturated rings. The number of halogens is 1. The van der Waals surface area contributed by atoms with Gasteiger partial charge in [-0.1, -0.05) is 11.6 Å². The standard InChI is InChI=1S/C16H16ClNO2S/c1-12(19)18-14-4-8-16(9-5-14)21-11-10-20-15-6-2-13(17)3-7-15/h2-9H,10-11H2,1H3,(H,18,19). The Bertz CT molecular complexity index is 584. The van der Waals surface area contributed by atoms with Gasteiger partial charge in [-0.2, -0.15) is 0 Å². The number of hydrogen-bond donors (Lipinski definition) is 1. The number of carbonyl (C=O) groups is 1. The van der Waals surface area contributed by atoms with Crippen LogP contribution < -0.4 is 10.1 Å². The Labute approximate surface area is 133 Å². The zero-order valence-corrected chi connectivity index (χ0v) is 13.2. The van der Waals surface area contributed by atoms with Crippen LogP contribution in [0.25, 0.3) is 0 Å². The highest BCUT2D eigenvalue weighted by molar-refractivity contribution is 7.99. The third-order valence-corrected chi connectivity index (χ3v) is 3.84. The van der Waals surface area contributed by atoms with Crippen LogP contribution in [0.1, 0.15) is 6.92 Å². The quantitative estimate of drug-likeness (QED) is 0.630. The number of rotatable bonds is 6. The molecule has 0 aromatic heterocycles. The molecular formula is C16H16ClNO2S. The Hall–Kier alpha value is -1.65. The first-order valence-electron chi connectivity index (χ1n) is 6.52. The average molecular weight is 322 g/mol. The van der Waals surface area contributed by atoms with Gasteiger partial charge in [0.2, 0.25) is 5.91 Å². The monoisotopic (exact) mass is 321 g/mol. The number of ether oxygens (including phenoxy) is 1. The van der Waals surface area contributed by atoms with Crippen molar-refractivity contribution in [2.45, 2.75) is 11.8 Å². The van der Waals surface area contributed by atoms with Crippen molar-refractivity contribution in [2.24, 2.45) is 0 Å². The van der Waals surface area contributed by atoms with E-state index in [2.05, 4.69) is 5.32 Å². The number of amides is 1. The Morgan fingerprint density at radius 1 is 1.14 bits per heavy atom. The van der Waals surface area contributed by atoms with E-state index in [-0.39, 0.29) is 5.91 Å². The highest BCUT2D eigenvalue weighted by atomic mass is 35.5. The van der Waals surface area contributed by atoms with Crippen molar-refractivity contribution < 1.29 is 9.53 Å². The van der Waals surface area contributed by atoms with E-state index in [9.17, 15) is 4.79 Å². The molecule has 21 heavy (non-hydrogen) atoms. The molecule has 0 aliphatic carbocycles. The molecule has 0 spiro atoms. The summed E-state index contributed by atoms with van der Waals surface area (Å²) in [5.41, 5.74) is 0.810. The summed E-state index contributed by atoms with van der Waals surface area (Å²) in [6.45, 7) is 2.12. The molecule has 0 bridgehead atoms. The zero-order valence-electron chi connectivity index (χ0n) is 11.6. The van der Waals surface area contributed by atoms with Gasteiger partial charge in [-0.15, -0.1) is 11.8 Å². The molecule has 5 heteroatoms. The minimum atomic E-state index is -0.0632. The topological polar surface area (TPSA) is 38.3 Å². The van der Waals surface area contributed by atoms with Crippen molar-refractivity contribution in [1.29, 1.82) is 0 Å². The Morgan fingerprint density at radius 3 is 2.43 bits per heavy atom. The maximum Gasteiger partial charge on any atom is 0.221 e. The van der Waals surface area contributed by atoms with Crippen molar-refractivity contribution >= 4 is 35.0 Å². The van der Waals surface area contributed by atoms with Gasteiger partial charge < -0.3 is 10.1 Å². The van der Waals surface area contributed by atoms with Crippen molar-refractivity contribution in [3.8, 4) is 5.75 Å². The van der Waals surface area contributed by atoms with E-state index in [1.165, 1.54) is 6.92 Å². The average Bonchev–Trinajstić information content (AvgIpc) is 2.46. The van der Waals surface area contributed by atoms with Crippen LogP contribution in [0, 0.1) is 0 Å². The van der Waals surface area contributed by atoms with Gasteiger partial charge in [0.05, 0.1) is 6.61 Å². The van der Waals surface area contributed by atoms with Crippen molar-refractivity contribution in [2.75, 3.05) is 17.7 Å². The third-order valence-electron chi connectivity index (χ3n) is 2.61. The van der Waals surface area contributed by atoms with E-state index in [1.54, 1.807) is 11.8 Å². The second kappa shape index (κ2) is 7.96. The van der Waals surface area contributed by atoms with Crippen LogP contribution in [0.15, 0.2) is 53.4 Å². The van der Waals surface area contributed by atoms with Gasteiger partial charge in [0.25, 0.3) is 0 Å². The molecule has 0 aliphatic rings. The molecule has 2 aromatic carbocycles. The highest BCUT2D eigenvalue weighted by Crippen LogP contribution is 2.21. The molecule has 0 saturated heterocycles. The first-order chi connectivity index (χ1) is 10.1. The lowest BCUT2D eigenvalue weighted by Crippen LogP contribution is -2.05. The zero-order chi connectivity index (χ0) is 15.1. The number of carbonyl (C=O) groups excluding carboxylic acids is 1. The summed E-state index contributed by atoms with van der Waals surface area (Å²) in [4.78, 5) is 12.1. The smallest absolute Gasteiger partial charge is 0.221 e. The molecule has 1 amide bonds. The van der Waals surface area contributed by atoms with Gasteiger partial charge in [0.1, 0.15) is 5.75 Å². The molecule has 0 aliphatic heterocycles. The molecule has 0 unspecified atom stereocenters. The molecule has 2 aromatic rings. The van der Waals surface area contributed by atoms with E-state index >= 15 is 0 Å². The maximum atomic E-state index is 10.9. The summed E-state index contributed by atoms with van der Waals surface area (Å²) < 4.78 is 5.62. The van der Waals surface area contributed by atoms with Crippen LogP contribution in [0.3, 0.4) is 0 Å². The summed E-state index contributed by atoms with van der Waals surface area (Å²) in [7, 11) is 0. The molecule has 0 heterocycles. The second-order valence-electron chi connectivity index (χ2n) is 4.36. The van der Waals surface area contributed by atoms with Gasteiger partial charge in [0, 0.05) is 28.3 Å². The maximum absolute atomic E-state index is 10.9. The SMILES string of the molecule is CC(=O)Nc1ccc(SCCOc2ccc(Cl)cc2)cc1. The number of hydrogen-bond acceptors (Lipinski definition) is 3. The van der Waals surface area contributed by atoms with Crippen LogP contribution in [0.2, 0.25) is 5.02 Å². The first-order valence-corrected chi connectivity index (χ1v) is 7.89. The lowest BCUT2D eigenvalue weighted by atomic mass is 10.3. The lowest BCUT2D eigenvalue weighted by molar-refractivity contribution is -0.114. The van der Waals surface area contributed by atoms with Crippen LogP contribution in [-0.4, -0.2) is 18.3 Å². The second-order valence-corrected chi connectivity index (χ2v) is 5.96. The van der Waals surface area contributed by atoms with Crippen LogP contribution in [0.5, 0.6) is 5.75 Å². The van der Waals surface area contributed by atoms with Crippen LogP contribution in [-0.2, 0) is 4.79 Å². The normalized spacial score (nSPS) is 10.2. The van der Waals surface area contributed by atoms with Gasteiger partial charge in [-0.3, -0.25) is 4.79 Å². The fourth-order valence-electron chi connectivity index (χ4n) is 1.69. The van der Waals surface area contributed by atoms with Gasteiger partial charge >= 0.3 is 0 Å². The van der Waals surface area contributed by atoms with Gasteiger partial charge in [0.15, 0.2) is 0 Å². The summed E-state index contributed by atoms with van der Waals surface area (Å²) in [5, 5.41) is 3.45. The summed E-state index contributed by atoms with van der Waals surface area (Å²) in [5.74, 6) is 1.61. The Morgan fingerprint density at radius 2 is 1.81 bits per heavy atom. The Balaban J connectivity index is 1.73. The molecule has 3 nitrogen and oxygen atoms in total. The Kier molecular flexibility index (Phi) is 5.96. The minimum absolute atomic E-state index is 0.0632. The van der Waals surface area contributed by atoms with Gasteiger partial charge in [-0.05, 0) is 48.5 Å². The molecule has 0 atom stereocenters. The molecule has 1 N–H and O–H groups in total. The van der Waals surface area contributed by atoms with Crippen LogP contribution in [0.4, 0.5) is 5.69 Å². The minimum Gasteiger partial charge on any atom is -0.493 e. The van der Waals surface area contributed by atoms with Crippen molar-refractivity contribution in [3.63, 3.8) is 0 Å². The predicted molar refractivity (Wildman–Crippen MR) is 88.4 cm³/mol. The predicted octanol–water partition coefficient (Wildman–Crippen LogP) is 4.47. The van der Waals surface area contributed by atoms with Crippen molar-refractivity contribution in [3.05, 3.63) is 53.6 Å². The summed E-state index contributed by atoms with van der Waals surface area (Å²) in [6, 6.07) is 15.1. The summed E-state index contributed by atoms with van der Waals surface area (Å²) >= 11 is 7.52. The number of thioether (sulfide) groups is 1. The van der Waals surface area contributed by atoms with Crippen LogP contribution >= 0.6 is 23.4 Å². The molecular weight excluding hydrogens is 306 g/mol. The molecule has 0 radical (unpaired) electrons. The van der Waals surface area contributed by atoms with E-state index < -0.39 is 0 Å². The molecule has 2 rings (SSSR count). The van der Waals surface area contributed by atoms with Gasteiger partial charge in [-0.25, -0.2) is 0 Å². The molecule has 0 saturated carbocycles. The van der Waals surface area contributed by atoms with Crippen molar-refractivity contribution in [1.82, 2.24) is 0 Å². The van der Waals surface area contributed by atoms with E-state index in [4.69, 9.17) is 16.3 Å². The number of nitrogens with one attached hydrogen (secondary N) is 1. The number of benzene rings is 2. The van der Waals surface area contributed by atoms with E-state index in [0.717, 1.165) is 22.1 Å². The number of anilines is 1. The fourth-order valence-corrected chi connectivity index (χ4v) is 2.54.